The van der Waals surface area contributed by atoms with Crippen LogP contribution in [-0.4, -0.2) is 18.8 Å². The molecule has 1 saturated carbocycles. The first-order valence-corrected chi connectivity index (χ1v) is 6.52. The molecule has 1 aliphatic carbocycles. The van der Waals surface area contributed by atoms with Crippen molar-refractivity contribution in [2.24, 2.45) is 17.6 Å². The molecule has 0 bridgehead atoms. The Morgan fingerprint density at radius 3 is 2.67 bits per heavy atom. The number of hydrogen-bond acceptors (Lipinski definition) is 2. The molecule has 0 aromatic heterocycles. The molecule has 2 heteroatoms. The van der Waals surface area contributed by atoms with Crippen molar-refractivity contribution in [1.82, 2.24) is 0 Å². The molecule has 0 aromatic rings. The van der Waals surface area contributed by atoms with E-state index < -0.39 is 0 Å². The third-order valence-electron chi connectivity index (χ3n) is 3.66. The quantitative estimate of drug-likeness (QED) is 0.713. The van der Waals surface area contributed by atoms with Crippen LogP contribution < -0.4 is 5.73 Å². The lowest BCUT2D eigenvalue weighted by molar-refractivity contribution is -0.00821. The molecule has 3 unspecified atom stereocenters. The smallest absolute Gasteiger partial charge is 0.0728 e. The van der Waals surface area contributed by atoms with Crippen LogP contribution in [0.5, 0.6) is 0 Å². The van der Waals surface area contributed by atoms with Gasteiger partial charge in [0.2, 0.25) is 0 Å². The highest BCUT2D eigenvalue weighted by atomic mass is 16.5. The first-order chi connectivity index (χ1) is 7.15. The molecule has 0 heterocycles. The highest BCUT2D eigenvalue weighted by molar-refractivity contribution is 4.84. The summed E-state index contributed by atoms with van der Waals surface area (Å²) >= 11 is 0. The second kappa shape index (κ2) is 6.49. The lowest BCUT2D eigenvalue weighted by Gasteiger charge is -2.35. The van der Waals surface area contributed by atoms with Gasteiger partial charge in [0, 0.05) is 12.6 Å². The highest BCUT2D eigenvalue weighted by Crippen LogP contribution is 2.31. The number of ether oxygens (including phenoxy) is 1. The summed E-state index contributed by atoms with van der Waals surface area (Å²) in [4.78, 5) is 0. The molecule has 2 nitrogen and oxygen atoms in total. The Labute approximate surface area is 94.6 Å². The van der Waals surface area contributed by atoms with Crippen molar-refractivity contribution in [3.05, 3.63) is 0 Å². The first kappa shape index (κ1) is 13.0. The van der Waals surface area contributed by atoms with E-state index in [0.717, 1.165) is 31.3 Å². The number of unbranched alkanes of at least 4 members (excludes halogenated alkanes) is 1. The Bertz CT molecular complexity index is 170. The van der Waals surface area contributed by atoms with E-state index in [9.17, 15) is 0 Å². The van der Waals surface area contributed by atoms with Crippen LogP contribution in [0.3, 0.4) is 0 Å². The van der Waals surface area contributed by atoms with E-state index in [1.807, 2.05) is 0 Å². The molecule has 2 N–H and O–H groups in total. The molecule has 0 saturated heterocycles. The monoisotopic (exact) mass is 213 g/mol. The fraction of sp³-hybridized carbons (Fsp3) is 1.00. The Morgan fingerprint density at radius 2 is 2.07 bits per heavy atom. The average molecular weight is 213 g/mol. The average Bonchev–Trinajstić information content (AvgIpc) is 2.20. The molecule has 0 amide bonds. The summed E-state index contributed by atoms with van der Waals surface area (Å²) in [5, 5.41) is 0. The van der Waals surface area contributed by atoms with E-state index in [1.54, 1.807) is 0 Å². The second-order valence-corrected chi connectivity index (χ2v) is 5.24. The van der Waals surface area contributed by atoms with Crippen molar-refractivity contribution in [3.63, 3.8) is 0 Å². The van der Waals surface area contributed by atoms with E-state index in [-0.39, 0.29) is 6.04 Å². The Balaban J connectivity index is 2.32. The molecular formula is C13H27NO. The largest absolute Gasteiger partial charge is 0.377 e. The molecule has 0 aliphatic heterocycles. The summed E-state index contributed by atoms with van der Waals surface area (Å²) in [7, 11) is 0. The standard InChI is InChI=1S/C13H27NO/c1-4-5-8-15-13-9-11(10(2)3)6-7-12(13)14/h10-13H,4-9,14H2,1-3H3. The lowest BCUT2D eigenvalue weighted by atomic mass is 9.78. The molecule has 15 heavy (non-hydrogen) atoms. The summed E-state index contributed by atoms with van der Waals surface area (Å²) in [6, 6.07) is 0.275. The Hall–Kier alpha value is -0.0800. The maximum absolute atomic E-state index is 6.10. The predicted molar refractivity (Wildman–Crippen MR) is 64.8 cm³/mol. The number of rotatable bonds is 5. The van der Waals surface area contributed by atoms with Crippen molar-refractivity contribution < 1.29 is 4.74 Å². The molecular weight excluding hydrogens is 186 g/mol. The van der Waals surface area contributed by atoms with E-state index in [1.165, 1.54) is 19.3 Å². The van der Waals surface area contributed by atoms with Gasteiger partial charge in [0.25, 0.3) is 0 Å². The van der Waals surface area contributed by atoms with E-state index in [2.05, 4.69) is 20.8 Å². The third kappa shape index (κ3) is 4.12. The summed E-state index contributed by atoms with van der Waals surface area (Å²) in [5.74, 6) is 1.59. The SMILES string of the molecule is CCCCOC1CC(C(C)C)CCC1N. The minimum atomic E-state index is 0.275. The molecule has 0 radical (unpaired) electrons. The van der Waals surface area contributed by atoms with Crippen molar-refractivity contribution in [1.29, 1.82) is 0 Å². The van der Waals surface area contributed by atoms with Gasteiger partial charge < -0.3 is 10.5 Å². The summed E-state index contributed by atoms with van der Waals surface area (Å²) in [6.07, 6.45) is 6.28. The van der Waals surface area contributed by atoms with Crippen LogP contribution in [0, 0.1) is 11.8 Å². The van der Waals surface area contributed by atoms with Crippen LogP contribution in [-0.2, 0) is 4.74 Å². The summed E-state index contributed by atoms with van der Waals surface area (Å²) in [5.41, 5.74) is 6.10. The van der Waals surface area contributed by atoms with Crippen LogP contribution in [0.15, 0.2) is 0 Å². The van der Waals surface area contributed by atoms with Crippen molar-refractivity contribution >= 4 is 0 Å². The first-order valence-electron chi connectivity index (χ1n) is 6.52. The normalized spacial score (nSPS) is 32.2. The third-order valence-corrected chi connectivity index (χ3v) is 3.66. The fourth-order valence-corrected chi connectivity index (χ4v) is 2.36. The number of hydrogen-bond donors (Lipinski definition) is 1. The highest BCUT2D eigenvalue weighted by Gasteiger charge is 2.29. The van der Waals surface area contributed by atoms with Gasteiger partial charge >= 0.3 is 0 Å². The second-order valence-electron chi connectivity index (χ2n) is 5.24. The van der Waals surface area contributed by atoms with Gasteiger partial charge in [-0.15, -0.1) is 0 Å². The zero-order valence-electron chi connectivity index (χ0n) is 10.5. The molecule has 1 fully saturated rings. The Kier molecular flexibility index (Phi) is 5.62. The maximum Gasteiger partial charge on any atom is 0.0728 e. The van der Waals surface area contributed by atoms with Crippen molar-refractivity contribution in [3.8, 4) is 0 Å². The summed E-state index contributed by atoms with van der Waals surface area (Å²) in [6.45, 7) is 7.70. The summed E-state index contributed by atoms with van der Waals surface area (Å²) < 4.78 is 5.89. The van der Waals surface area contributed by atoms with Crippen molar-refractivity contribution in [2.75, 3.05) is 6.61 Å². The molecule has 3 atom stereocenters. The van der Waals surface area contributed by atoms with Crippen LogP contribution in [0.2, 0.25) is 0 Å². The minimum Gasteiger partial charge on any atom is -0.377 e. The van der Waals surface area contributed by atoms with Gasteiger partial charge in [0.15, 0.2) is 0 Å². The van der Waals surface area contributed by atoms with Gasteiger partial charge in [-0.3, -0.25) is 0 Å². The van der Waals surface area contributed by atoms with E-state index >= 15 is 0 Å². The fourth-order valence-electron chi connectivity index (χ4n) is 2.36. The van der Waals surface area contributed by atoms with Crippen LogP contribution in [0.4, 0.5) is 0 Å². The van der Waals surface area contributed by atoms with Crippen LogP contribution in [0.1, 0.15) is 52.9 Å². The molecule has 1 aliphatic rings. The molecule has 90 valence electrons. The van der Waals surface area contributed by atoms with Gasteiger partial charge in [0.05, 0.1) is 6.10 Å². The van der Waals surface area contributed by atoms with Crippen molar-refractivity contribution in [2.45, 2.75) is 65.0 Å². The topological polar surface area (TPSA) is 35.2 Å². The Morgan fingerprint density at radius 1 is 1.33 bits per heavy atom. The molecule has 0 aromatic carbocycles. The van der Waals surface area contributed by atoms with Crippen LogP contribution >= 0.6 is 0 Å². The molecule has 1 rings (SSSR count). The van der Waals surface area contributed by atoms with E-state index in [4.69, 9.17) is 10.5 Å². The van der Waals surface area contributed by atoms with Gasteiger partial charge in [-0.05, 0) is 37.5 Å². The molecule has 0 spiro atoms. The van der Waals surface area contributed by atoms with Gasteiger partial charge in [-0.2, -0.15) is 0 Å². The van der Waals surface area contributed by atoms with Gasteiger partial charge in [0.1, 0.15) is 0 Å². The number of nitrogens with two attached hydrogens (primary N) is 1. The van der Waals surface area contributed by atoms with Gasteiger partial charge in [-0.1, -0.05) is 27.2 Å². The minimum absolute atomic E-state index is 0.275. The van der Waals surface area contributed by atoms with Crippen LogP contribution in [0.25, 0.3) is 0 Å². The predicted octanol–water partition coefficient (Wildman–Crippen LogP) is 2.96. The zero-order chi connectivity index (χ0) is 11.3. The van der Waals surface area contributed by atoms with Gasteiger partial charge in [-0.25, -0.2) is 0 Å². The zero-order valence-corrected chi connectivity index (χ0v) is 10.5. The maximum atomic E-state index is 6.10. The lowest BCUT2D eigenvalue weighted by Crippen LogP contribution is -2.43. The van der Waals surface area contributed by atoms with E-state index in [0.29, 0.717) is 6.10 Å².